The number of fused-ring (bicyclic) bond motifs is 1. The number of nitrogens with one attached hydrogen (secondary N) is 1. The highest BCUT2D eigenvalue weighted by molar-refractivity contribution is 7.90. The summed E-state index contributed by atoms with van der Waals surface area (Å²) in [7, 11) is -2.44. The Morgan fingerprint density at radius 3 is 2.50 bits per heavy atom. The molecule has 7 nitrogen and oxygen atoms in total. The fourth-order valence-corrected chi connectivity index (χ4v) is 4.91. The number of hydrogen-bond acceptors (Lipinski definition) is 5. The van der Waals surface area contributed by atoms with Crippen molar-refractivity contribution in [2.45, 2.75) is 38.5 Å². The highest BCUT2D eigenvalue weighted by Crippen LogP contribution is 2.35. The Morgan fingerprint density at radius 1 is 1.03 bits per heavy atom. The van der Waals surface area contributed by atoms with Crippen LogP contribution in [0.2, 0.25) is 0 Å². The maximum absolute atomic E-state index is 11.6. The Bertz CT molecular complexity index is 1280. The third-order valence-corrected chi connectivity index (χ3v) is 6.77. The number of aryl methyl sites for hydroxylation is 1. The number of benzene rings is 3. The first-order valence-electron chi connectivity index (χ1n) is 11.5. The normalized spacial score (nSPS) is 14.3. The van der Waals surface area contributed by atoms with Crippen LogP contribution in [0.3, 0.4) is 0 Å². The van der Waals surface area contributed by atoms with Crippen LogP contribution >= 0.6 is 0 Å². The van der Waals surface area contributed by atoms with E-state index in [4.69, 9.17) is 14.6 Å². The number of ether oxygens (including phenoxy) is 2. The van der Waals surface area contributed by atoms with Gasteiger partial charge >= 0.3 is 5.97 Å². The lowest BCUT2D eigenvalue weighted by Gasteiger charge is -2.17. The largest absolute Gasteiger partial charge is 0.493 e. The fourth-order valence-electron chi connectivity index (χ4n) is 4.46. The zero-order chi connectivity index (χ0) is 24.1. The maximum Gasteiger partial charge on any atom is 0.305 e. The summed E-state index contributed by atoms with van der Waals surface area (Å²) in [6.45, 7) is 0.699. The number of hydrogen-bond donors (Lipinski definition) is 2. The molecule has 1 aliphatic carbocycles. The molecule has 0 aliphatic heterocycles. The van der Waals surface area contributed by atoms with Gasteiger partial charge in [0.15, 0.2) is 0 Å². The summed E-state index contributed by atoms with van der Waals surface area (Å²) < 4.78 is 36.0. The molecule has 0 heterocycles. The molecule has 0 amide bonds. The summed E-state index contributed by atoms with van der Waals surface area (Å²) in [5.41, 5.74) is 3.39. The van der Waals surface area contributed by atoms with Crippen molar-refractivity contribution < 1.29 is 22.7 Å². The van der Waals surface area contributed by atoms with Gasteiger partial charge in [-0.3, -0.25) is 9.52 Å². The van der Waals surface area contributed by atoms with Crippen LogP contribution in [-0.4, -0.2) is 28.1 Å². The van der Waals surface area contributed by atoms with E-state index in [1.165, 1.54) is 32.8 Å². The minimum atomic E-state index is -3.83. The van der Waals surface area contributed by atoms with Crippen LogP contribution in [0.5, 0.6) is 5.75 Å². The van der Waals surface area contributed by atoms with Crippen molar-refractivity contribution in [1.29, 1.82) is 0 Å². The highest BCUT2D eigenvalue weighted by atomic mass is 32.2. The molecule has 0 bridgehead atoms. The fraction of sp³-hybridized carbons (Fsp3) is 0.346. The zero-order valence-electron chi connectivity index (χ0n) is 19.3. The molecule has 0 saturated heterocycles. The summed E-state index contributed by atoms with van der Waals surface area (Å²) >= 11 is 0. The molecule has 0 unspecified atom stereocenters. The molecular weight excluding hydrogens is 452 g/mol. The number of carbonyl (C=O) groups excluding carboxylic acids is 1. The van der Waals surface area contributed by atoms with Gasteiger partial charge < -0.3 is 9.47 Å². The molecule has 3 aromatic carbocycles. The first-order chi connectivity index (χ1) is 16.3. The van der Waals surface area contributed by atoms with Crippen molar-refractivity contribution in [2.75, 3.05) is 18.4 Å². The summed E-state index contributed by atoms with van der Waals surface area (Å²) in [6, 6.07) is 17.3. The average Bonchev–Trinajstić information content (AvgIpc) is 3.34. The van der Waals surface area contributed by atoms with E-state index in [0.29, 0.717) is 31.1 Å². The molecular formula is C26H30N2O5S. The first kappa shape index (κ1) is 24.0. The van der Waals surface area contributed by atoms with E-state index in [-0.39, 0.29) is 5.97 Å². The number of rotatable bonds is 9. The molecule has 1 fully saturated rings. The van der Waals surface area contributed by atoms with Crippen LogP contribution < -0.4 is 14.6 Å². The van der Waals surface area contributed by atoms with Crippen molar-refractivity contribution in [1.82, 2.24) is 0 Å². The zero-order valence-corrected chi connectivity index (χ0v) is 20.1. The second-order valence-corrected chi connectivity index (χ2v) is 10.1. The van der Waals surface area contributed by atoms with E-state index in [9.17, 15) is 13.2 Å². The Kier molecular flexibility index (Phi) is 7.38. The van der Waals surface area contributed by atoms with E-state index in [1.807, 2.05) is 30.3 Å². The van der Waals surface area contributed by atoms with E-state index >= 15 is 0 Å². The maximum atomic E-state index is 11.6. The van der Waals surface area contributed by atoms with Gasteiger partial charge in [0, 0.05) is 12.0 Å². The number of anilines is 1. The molecule has 34 heavy (non-hydrogen) atoms. The molecule has 0 spiro atoms. The smallest absolute Gasteiger partial charge is 0.305 e. The Labute approximate surface area is 200 Å². The Balaban J connectivity index is 1.65. The molecule has 3 aromatic rings. The minimum Gasteiger partial charge on any atom is -0.493 e. The van der Waals surface area contributed by atoms with Gasteiger partial charge in [0.1, 0.15) is 5.75 Å². The molecule has 1 saturated carbocycles. The molecule has 1 aliphatic rings. The van der Waals surface area contributed by atoms with Gasteiger partial charge in [0.05, 0.1) is 19.4 Å². The second kappa shape index (κ2) is 10.4. The van der Waals surface area contributed by atoms with Gasteiger partial charge in [0.2, 0.25) is 0 Å². The van der Waals surface area contributed by atoms with Crippen molar-refractivity contribution in [3.05, 3.63) is 60.2 Å². The molecule has 3 N–H and O–H groups in total. The third-order valence-electron chi connectivity index (χ3n) is 6.25. The van der Waals surface area contributed by atoms with Crippen LogP contribution in [0.15, 0.2) is 54.6 Å². The van der Waals surface area contributed by atoms with Crippen LogP contribution in [-0.2, 0) is 26.2 Å². The number of methoxy groups -OCH3 is 1. The van der Waals surface area contributed by atoms with Gasteiger partial charge in [-0.2, -0.15) is 8.42 Å². The Hall–Kier alpha value is -3.10. The van der Waals surface area contributed by atoms with Gasteiger partial charge in [-0.1, -0.05) is 37.1 Å². The Morgan fingerprint density at radius 2 is 1.76 bits per heavy atom. The predicted molar refractivity (Wildman–Crippen MR) is 134 cm³/mol. The van der Waals surface area contributed by atoms with Crippen molar-refractivity contribution in [3.63, 3.8) is 0 Å². The lowest BCUT2D eigenvalue weighted by Crippen LogP contribution is -2.21. The topological polar surface area (TPSA) is 108 Å². The molecule has 0 radical (unpaired) electrons. The standard InChI is InChI=1S/C26H30N2O5S/c1-32-26(29)13-7-18-6-12-25(33-17-19-4-2-3-5-19)24(14-18)22-9-8-21-16-23(28-34(27,30)31)11-10-20(21)15-22/h6,8-12,14-16,19,28H,2-5,7,13,17H2,1H3,(H2,27,30,31). The lowest BCUT2D eigenvalue weighted by molar-refractivity contribution is -0.140. The van der Waals surface area contributed by atoms with Gasteiger partial charge in [-0.05, 0) is 77.4 Å². The minimum absolute atomic E-state index is 0.238. The number of esters is 1. The van der Waals surface area contributed by atoms with Gasteiger partial charge in [0.25, 0.3) is 10.2 Å². The summed E-state index contributed by atoms with van der Waals surface area (Å²) in [6.07, 6.45) is 5.84. The highest BCUT2D eigenvalue weighted by Gasteiger charge is 2.17. The second-order valence-electron chi connectivity index (χ2n) is 8.79. The predicted octanol–water partition coefficient (Wildman–Crippen LogP) is 4.80. The monoisotopic (exact) mass is 482 g/mol. The van der Waals surface area contributed by atoms with E-state index in [2.05, 4.69) is 16.9 Å². The van der Waals surface area contributed by atoms with E-state index < -0.39 is 10.2 Å². The summed E-state index contributed by atoms with van der Waals surface area (Å²) in [5.74, 6) is 1.17. The molecule has 0 aromatic heterocycles. The summed E-state index contributed by atoms with van der Waals surface area (Å²) in [4.78, 5) is 11.6. The van der Waals surface area contributed by atoms with Crippen LogP contribution in [0.4, 0.5) is 5.69 Å². The van der Waals surface area contributed by atoms with E-state index in [0.717, 1.165) is 33.2 Å². The SMILES string of the molecule is COC(=O)CCc1ccc(OCC2CCCC2)c(-c2ccc3cc(NS(N)(=O)=O)ccc3c2)c1. The lowest BCUT2D eigenvalue weighted by atomic mass is 9.97. The van der Waals surface area contributed by atoms with Crippen LogP contribution in [0, 0.1) is 5.92 Å². The van der Waals surface area contributed by atoms with Crippen LogP contribution in [0.25, 0.3) is 21.9 Å². The van der Waals surface area contributed by atoms with Crippen molar-refractivity contribution in [2.24, 2.45) is 11.1 Å². The molecule has 180 valence electrons. The van der Waals surface area contributed by atoms with Gasteiger partial charge in [-0.25, -0.2) is 5.14 Å². The van der Waals surface area contributed by atoms with E-state index in [1.54, 1.807) is 12.1 Å². The average molecular weight is 483 g/mol. The van der Waals surface area contributed by atoms with Crippen molar-refractivity contribution >= 4 is 32.6 Å². The molecule has 8 heteroatoms. The number of carbonyl (C=O) groups is 1. The quantitative estimate of drug-likeness (QED) is 0.426. The summed E-state index contributed by atoms with van der Waals surface area (Å²) in [5, 5.41) is 6.93. The molecule has 0 atom stereocenters. The van der Waals surface area contributed by atoms with Crippen molar-refractivity contribution in [3.8, 4) is 16.9 Å². The molecule has 4 rings (SSSR count). The van der Waals surface area contributed by atoms with Gasteiger partial charge in [-0.15, -0.1) is 0 Å². The first-order valence-corrected chi connectivity index (χ1v) is 13.0. The number of nitrogens with two attached hydrogens (primary N) is 1. The third kappa shape index (κ3) is 6.27. The van der Waals surface area contributed by atoms with Crippen LogP contribution in [0.1, 0.15) is 37.7 Å².